The second kappa shape index (κ2) is 11.6. The molecule has 31 heavy (non-hydrogen) atoms. The normalized spacial score (nSPS) is 16.7. The Balaban J connectivity index is 0.00000341. The zero-order valence-corrected chi connectivity index (χ0v) is 20.2. The van der Waals surface area contributed by atoms with Gasteiger partial charge in [0.05, 0.1) is 12.3 Å². The SMILES string of the molecule is CCNC(=NCCS(=O)(=O)c1ccccc1F)NC1CCN(c2ncccc2F)C1.I. The fraction of sp³-hybridized carbons (Fsp3) is 0.400. The third-order valence-corrected chi connectivity index (χ3v) is 6.43. The van der Waals surface area contributed by atoms with Crippen LogP contribution in [-0.2, 0) is 9.84 Å². The van der Waals surface area contributed by atoms with E-state index in [2.05, 4.69) is 20.6 Å². The minimum absolute atomic E-state index is 0. The summed E-state index contributed by atoms with van der Waals surface area (Å²) in [5, 5.41) is 6.33. The predicted octanol–water partition coefficient (Wildman–Crippen LogP) is 2.59. The van der Waals surface area contributed by atoms with Gasteiger partial charge in [-0.15, -0.1) is 24.0 Å². The highest BCUT2D eigenvalue weighted by Crippen LogP contribution is 2.20. The summed E-state index contributed by atoms with van der Waals surface area (Å²) in [7, 11) is -3.77. The Morgan fingerprint density at radius 2 is 1.97 bits per heavy atom. The van der Waals surface area contributed by atoms with E-state index in [1.807, 2.05) is 11.8 Å². The highest BCUT2D eigenvalue weighted by atomic mass is 127. The van der Waals surface area contributed by atoms with Gasteiger partial charge in [-0.05, 0) is 37.6 Å². The van der Waals surface area contributed by atoms with Crippen LogP contribution in [0.2, 0.25) is 0 Å². The fourth-order valence-corrected chi connectivity index (χ4v) is 4.48. The smallest absolute Gasteiger partial charge is 0.191 e. The van der Waals surface area contributed by atoms with Crippen LogP contribution in [-0.4, -0.2) is 57.3 Å². The van der Waals surface area contributed by atoms with Crippen LogP contribution < -0.4 is 15.5 Å². The molecule has 2 aromatic rings. The summed E-state index contributed by atoms with van der Waals surface area (Å²) in [6.07, 6.45) is 2.31. The molecule has 11 heteroatoms. The van der Waals surface area contributed by atoms with E-state index < -0.39 is 15.7 Å². The van der Waals surface area contributed by atoms with Crippen molar-refractivity contribution in [3.8, 4) is 0 Å². The maximum Gasteiger partial charge on any atom is 0.191 e. The number of halogens is 3. The molecule has 0 aliphatic carbocycles. The predicted molar refractivity (Wildman–Crippen MR) is 128 cm³/mol. The molecule has 0 spiro atoms. The molecule has 1 saturated heterocycles. The molecule has 0 radical (unpaired) electrons. The number of hydrogen-bond donors (Lipinski definition) is 2. The van der Waals surface area contributed by atoms with E-state index in [4.69, 9.17) is 0 Å². The lowest BCUT2D eigenvalue weighted by atomic mass is 10.3. The van der Waals surface area contributed by atoms with Crippen LogP contribution in [0, 0.1) is 11.6 Å². The van der Waals surface area contributed by atoms with Crippen molar-refractivity contribution < 1.29 is 17.2 Å². The molecule has 1 unspecified atom stereocenters. The number of aromatic nitrogens is 1. The van der Waals surface area contributed by atoms with E-state index in [0.717, 1.165) is 12.5 Å². The van der Waals surface area contributed by atoms with E-state index in [9.17, 15) is 17.2 Å². The standard InChI is InChI=1S/C20H25F2N5O2S.HI/c1-2-23-20(25-11-13-30(28,29)18-8-4-3-6-16(18)21)26-15-9-12-27(14-15)19-17(22)7-5-10-24-19;/h3-8,10,15H,2,9,11-14H2,1H3,(H2,23,25,26);1H. The van der Waals surface area contributed by atoms with Gasteiger partial charge in [0, 0.05) is 31.9 Å². The van der Waals surface area contributed by atoms with Gasteiger partial charge in [-0.25, -0.2) is 22.2 Å². The van der Waals surface area contributed by atoms with Crippen molar-refractivity contribution in [2.24, 2.45) is 4.99 Å². The van der Waals surface area contributed by atoms with Crippen LogP contribution in [0.3, 0.4) is 0 Å². The van der Waals surface area contributed by atoms with Crippen molar-refractivity contribution in [3.63, 3.8) is 0 Å². The minimum atomic E-state index is -3.77. The Morgan fingerprint density at radius 3 is 2.68 bits per heavy atom. The molecule has 170 valence electrons. The van der Waals surface area contributed by atoms with Gasteiger partial charge < -0.3 is 15.5 Å². The Morgan fingerprint density at radius 1 is 1.23 bits per heavy atom. The number of anilines is 1. The van der Waals surface area contributed by atoms with Gasteiger partial charge in [-0.2, -0.15) is 0 Å². The first kappa shape index (κ1) is 25.2. The van der Waals surface area contributed by atoms with E-state index in [1.54, 1.807) is 12.3 Å². The van der Waals surface area contributed by atoms with Gasteiger partial charge in [-0.3, -0.25) is 4.99 Å². The lowest BCUT2D eigenvalue weighted by molar-refractivity contribution is 0.567. The lowest BCUT2D eigenvalue weighted by Crippen LogP contribution is -2.45. The molecule has 2 heterocycles. The molecule has 3 rings (SSSR count). The first-order valence-electron chi connectivity index (χ1n) is 9.78. The monoisotopic (exact) mass is 565 g/mol. The summed E-state index contributed by atoms with van der Waals surface area (Å²) in [6, 6.07) is 8.25. The summed E-state index contributed by atoms with van der Waals surface area (Å²) in [6.45, 7) is 3.67. The van der Waals surface area contributed by atoms with Crippen LogP contribution in [0.25, 0.3) is 0 Å². The van der Waals surface area contributed by atoms with Gasteiger partial charge in [0.25, 0.3) is 0 Å². The molecule has 1 aliphatic rings. The number of sulfone groups is 1. The molecule has 1 atom stereocenters. The molecule has 2 N–H and O–H groups in total. The van der Waals surface area contributed by atoms with Gasteiger partial charge in [-0.1, -0.05) is 12.1 Å². The zero-order valence-electron chi connectivity index (χ0n) is 17.1. The third kappa shape index (κ3) is 6.73. The second-order valence-corrected chi connectivity index (χ2v) is 8.97. The van der Waals surface area contributed by atoms with Gasteiger partial charge in [0.2, 0.25) is 0 Å². The van der Waals surface area contributed by atoms with Crippen molar-refractivity contribution in [1.29, 1.82) is 0 Å². The van der Waals surface area contributed by atoms with Crippen LogP contribution in [0.4, 0.5) is 14.6 Å². The van der Waals surface area contributed by atoms with Crippen LogP contribution in [0.1, 0.15) is 13.3 Å². The topological polar surface area (TPSA) is 86.7 Å². The molecular formula is C20H26F2IN5O2S. The van der Waals surface area contributed by atoms with E-state index in [0.29, 0.717) is 31.4 Å². The number of nitrogens with one attached hydrogen (secondary N) is 2. The number of aliphatic imine (C=N–C) groups is 1. The zero-order chi connectivity index (χ0) is 21.6. The molecule has 1 aromatic heterocycles. The summed E-state index contributed by atoms with van der Waals surface area (Å²) in [5.74, 6) is -0.647. The number of hydrogen-bond acceptors (Lipinski definition) is 5. The Hall–Kier alpha value is -2.02. The summed E-state index contributed by atoms with van der Waals surface area (Å²) in [4.78, 5) is 9.96. The Bertz CT molecular complexity index is 1010. The van der Waals surface area contributed by atoms with Crippen LogP contribution in [0.5, 0.6) is 0 Å². The highest BCUT2D eigenvalue weighted by molar-refractivity contribution is 14.0. The molecule has 1 aliphatic heterocycles. The summed E-state index contributed by atoms with van der Waals surface area (Å²) < 4.78 is 52.5. The Labute approximate surface area is 198 Å². The molecule has 0 amide bonds. The van der Waals surface area contributed by atoms with Crippen molar-refractivity contribution in [3.05, 3.63) is 54.2 Å². The van der Waals surface area contributed by atoms with Crippen molar-refractivity contribution in [1.82, 2.24) is 15.6 Å². The lowest BCUT2D eigenvalue weighted by Gasteiger charge is -2.20. The molecule has 7 nitrogen and oxygen atoms in total. The first-order chi connectivity index (χ1) is 14.4. The van der Waals surface area contributed by atoms with Crippen LogP contribution >= 0.6 is 24.0 Å². The van der Waals surface area contributed by atoms with Crippen molar-refractivity contribution in [2.75, 3.05) is 36.8 Å². The summed E-state index contributed by atoms with van der Waals surface area (Å²) >= 11 is 0. The molecule has 1 aromatic carbocycles. The molecule has 0 saturated carbocycles. The van der Waals surface area contributed by atoms with Crippen molar-refractivity contribution in [2.45, 2.75) is 24.3 Å². The molecular weight excluding hydrogens is 539 g/mol. The average molecular weight is 565 g/mol. The largest absolute Gasteiger partial charge is 0.357 e. The number of pyridine rings is 1. The van der Waals surface area contributed by atoms with Gasteiger partial charge >= 0.3 is 0 Å². The number of nitrogens with zero attached hydrogens (tertiary/aromatic N) is 3. The van der Waals surface area contributed by atoms with Crippen molar-refractivity contribution >= 4 is 45.6 Å². The quantitative estimate of drug-likeness (QED) is 0.305. The number of guanidine groups is 1. The maximum absolute atomic E-state index is 14.0. The number of benzene rings is 1. The fourth-order valence-electron chi connectivity index (χ4n) is 3.28. The summed E-state index contributed by atoms with van der Waals surface area (Å²) in [5.41, 5.74) is 0. The van der Waals surface area contributed by atoms with Gasteiger partial charge in [0.1, 0.15) is 10.7 Å². The third-order valence-electron chi connectivity index (χ3n) is 4.71. The van der Waals surface area contributed by atoms with E-state index >= 15 is 0 Å². The van der Waals surface area contributed by atoms with Crippen LogP contribution in [0.15, 0.2) is 52.5 Å². The second-order valence-electron chi connectivity index (χ2n) is 6.89. The molecule has 0 bridgehead atoms. The first-order valence-corrected chi connectivity index (χ1v) is 11.4. The molecule has 1 fully saturated rings. The average Bonchev–Trinajstić information content (AvgIpc) is 3.17. The number of rotatable bonds is 7. The Kier molecular flexibility index (Phi) is 9.41. The maximum atomic E-state index is 14.0. The highest BCUT2D eigenvalue weighted by Gasteiger charge is 2.26. The van der Waals surface area contributed by atoms with E-state index in [1.165, 1.54) is 24.3 Å². The van der Waals surface area contributed by atoms with Gasteiger partial charge in [0.15, 0.2) is 27.4 Å². The van der Waals surface area contributed by atoms with E-state index in [-0.39, 0.29) is 53.0 Å². The minimum Gasteiger partial charge on any atom is -0.357 e.